The van der Waals surface area contributed by atoms with Gasteiger partial charge in [-0.3, -0.25) is 9.89 Å². The van der Waals surface area contributed by atoms with Crippen molar-refractivity contribution in [3.63, 3.8) is 0 Å². The number of nitrogens with one attached hydrogen (secondary N) is 2. The number of hydrogen-bond acceptors (Lipinski definition) is 3. The van der Waals surface area contributed by atoms with Gasteiger partial charge in [-0.25, -0.2) is 0 Å². The third-order valence-corrected chi connectivity index (χ3v) is 6.85. The molecule has 26 heavy (non-hydrogen) atoms. The molecule has 2 N–H and O–H groups in total. The predicted molar refractivity (Wildman–Crippen MR) is 102 cm³/mol. The molecule has 5 heteroatoms. The van der Waals surface area contributed by atoms with Crippen molar-refractivity contribution >= 4 is 16.8 Å². The minimum atomic E-state index is -0.0274. The van der Waals surface area contributed by atoms with Crippen molar-refractivity contribution < 1.29 is 4.79 Å². The monoisotopic (exact) mass is 352 g/mol. The first-order chi connectivity index (χ1) is 12.8. The first-order valence-corrected chi connectivity index (χ1v) is 10.3. The molecule has 3 saturated heterocycles. The number of piperidine rings is 3. The Balaban J connectivity index is 1.34. The Morgan fingerprint density at radius 2 is 1.92 bits per heavy atom. The molecule has 138 valence electrons. The van der Waals surface area contributed by atoms with Crippen LogP contribution in [0.3, 0.4) is 0 Å². The highest BCUT2D eigenvalue weighted by Gasteiger charge is 2.35. The van der Waals surface area contributed by atoms with Crippen molar-refractivity contribution in [2.24, 2.45) is 5.92 Å². The second kappa shape index (κ2) is 6.69. The molecule has 1 amide bonds. The number of hydrogen-bond donors (Lipinski definition) is 2. The molecule has 1 aromatic heterocycles. The lowest BCUT2D eigenvalue weighted by molar-refractivity contribution is 0.0618. The van der Waals surface area contributed by atoms with Gasteiger partial charge in [-0.1, -0.05) is 31.4 Å². The van der Waals surface area contributed by atoms with Gasteiger partial charge < -0.3 is 10.2 Å². The van der Waals surface area contributed by atoms with Gasteiger partial charge in [0.05, 0.1) is 5.52 Å². The summed E-state index contributed by atoms with van der Waals surface area (Å²) >= 11 is 0. The van der Waals surface area contributed by atoms with Gasteiger partial charge in [0, 0.05) is 18.0 Å². The normalized spacial score (nSPS) is 29.2. The van der Waals surface area contributed by atoms with Crippen LogP contribution >= 0.6 is 0 Å². The van der Waals surface area contributed by atoms with E-state index in [1.807, 2.05) is 0 Å². The van der Waals surface area contributed by atoms with Gasteiger partial charge in [0.25, 0.3) is 5.91 Å². The highest BCUT2D eigenvalue weighted by Crippen LogP contribution is 2.34. The topological polar surface area (TPSA) is 61.0 Å². The van der Waals surface area contributed by atoms with Gasteiger partial charge in [0.2, 0.25) is 0 Å². The molecule has 6 rings (SSSR count). The number of fused-ring (bicyclic) bond motifs is 4. The summed E-state index contributed by atoms with van der Waals surface area (Å²) in [5.74, 6) is 1.27. The number of nitrogens with zero attached hydrogens (tertiary/aromatic N) is 2. The molecule has 1 atom stereocenters. The zero-order chi connectivity index (χ0) is 17.5. The third-order valence-electron chi connectivity index (χ3n) is 6.85. The zero-order valence-corrected chi connectivity index (χ0v) is 15.3. The zero-order valence-electron chi connectivity index (χ0n) is 15.3. The standard InChI is InChI=1S/C21H28N4O/c26-21(22-19-13-25-10-8-15(19)9-11-25)20-17-7-6-16(12-18(17)23-24-20)14-4-2-1-3-5-14/h6-7,12,14-15,19H,1-5,8-11,13H2,(H,22,26)(H,23,24)/t19-/m1/s1. The maximum absolute atomic E-state index is 12.8. The van der Waals surface area contributed by atoms with Gasteiger partial charge in [0.1, 0.15) is 0 Å². The predicted octanol–water partition coefficient (Wildman–Crippen LogP) is 3.43. The van der Waals surface area contributed by atoms with Crippen molar-refractivity contribution in [2.45, 2.75) is 56.9 Å². The Morgan fingerprint density at radius 3 is 2.65 bits per heavy atom. The summed E-state index contributed by atoms with van der Waals surface area (Å²) in [5, 5.41) is 11.7. The Bertz CT molecular complexity index is 799. The summed E-state index contributed by atoms with van der Waals surface area (Å²) in [5.41, 5.74) is 2.93. The molecule has 4 aliphatic rings. The highest BCUT2D eigenvalue weighted by molar-refractivity contribution is 6.04. The molecule has 2 aromatic rings. The lowest BCUT2D eigenvalue weighted by Crippen LogP contribution is -2.57. The molecule has 3 aliphatic heterocycles. The molecular weight excluding hydrogens is 324 g/mol. The quantitative estimate of drug-likeness (QED) is 0.890. The number of H-pyrrole nitrogens is 1. The van der Waals surface area contributed by atoms with Gasteiger partial charge in [-0.15, -0.1) is 0 Å². The fourth-order valence-electron chi connectivity index (χ4n) is 5.27. The number of carbonyl (C=O) groups excluding carboxylic acids is 1. The summed E-state index contributed by atoms with van der Waals surface area (Å²) in [7, 11) is 0. The summed E-state index contributed by atoms with van der Waals surface area (Å²) in [4.78, 5) is 15.3. The Labute approximate surface area is 154 Å². The first kappa shape index (κ1) is 16.3. The second-order valence-electron chi connectivity index (χ2n) is 8.43. The van der Waals surface area contributed by atoms with Gasteiger partial charge >= 0.3 is 0 Å². The van der Waals surface area contributed by atoms with Gasteiger partial charge in [-0.2, -0.15) is 5.10 Å². The molecular formula is C21H28N4O. The fraction of sp³-hybridized carbons (Fsp3) is 0.619. The maximum atomic E-state index is 12.8. The summed E-state index contributed by atoms with van der Waals surface area (Å²) < 4.78 is 0. The molecule has 0 spiro atoms. The van der Waals surface area contributed by atoms with E-state index >= 15 is 0 Å². The fourth-order valence-corrected chi connectivity index (χ4v) is 5.27. The first-order valence-electron chi connectivity index (χ1n) is 10.3. The lowest BCUT2D eigenvalue weighted by Gasteiger charge is -2.44. The molecule has 1 aromatic carbocycles. The van der Waals surface area contributed by atoms with Crippen molar-refractivity contribution in [2.75, 3.05) is 19.6 Å². The lowest BCUT2D eigenvalue weighted by atomic mass is 9.83. The van der Waals surface area contributed by atoms with Crippen molar-refractivity contribution in [3.8, 4) is 0 Å². The largest absolute Gasteiger partial charge is 0.346 e. The van der Waals surface area contributed by atoms with E-state index in [2.05, 4.69) is 38.6 Å². The molecule has 0 radical (unpaired) electrons. The Morgan fingerprint density at radius 1 is 1.12 bits per heavy atom. The van der Waals surface area contributed by atoms with Crippen molar-refractivity contribution in [1.82, 2.24) is 20.4 Å². The molecule has 4 heterocycles. The van der Waals surface area contributed by atoms with Crippen LogP contribution in [0.5, 0.6) is 0 Å². The van der Waals surface area contributed by atoms with Crippen LogP contribution in [-0.4, -0.2) is 46.7 Å². The van der Waals surface area contributed by atoms with E-state index in [9.17, 15) is 4.79 Å². The number of amides is 1. The highest BCUT2D eigenvalue weighted by atomic mass is 16.2. The van der Waals surface area contributed by atoms with E-state index in [-0.39, 0.29) is 11.9 Å². The second-order valence-corrected chi connectivity index (χ2v) is 8.43. The minimum Gasteiger partial charge on any atom is -0.346 e. The summed E-state index contributed by atoms with van der Waals surface area (Å²) in [6.45, 7) is 3.36. The van der Waals surface area contributed by atoms with Crippen LogP contribution in [0.1, 0.15) is 66.9 Å². The van der Waals surface area contributed by atoms with Crippen LogP contribution in [0.25, 0.3) is 10.9 Å². The number of carbonyl (C=O) groups is 1. The van der Waals surface area contributed by atoms with Crippen LogP contribution < -0.4 is 5.32 Å². The Kier molecular flexibility index (Phi) is 4.20. The van der Waals surface area contributed by atoms with Gasteiger partial charge in [-0.05, 0) is 62.2 Å². The van der Waals surface area contributed by atoms with Crippen LogP contribution in [-0.2, 0) is 0 Å². The van der Waals surface area contributed by atoms with Crippen molar-refractivity contribution in [3.05, 3.63) is 29.5 Å². The van der Waals surface area contributed by atoms with E-state index < -0.39 is 0 Å². The number of aromatic amines is 1. The molecule has 4 fully saturated rings. The smallest absolute Gasteiger partial charge is 0.272 e. The minimum absolute atomic E-state index is 0.0274. The summed E-state index contributed by atoms with van der Waals surface area (Å²) in [6.07, 6.45) is 9.01. The van der Waals surface area contributed by atoms with Crippen LogP contribution in [0, 0.1) is 5.92 Å². The molecule has 1 saturated carbocycles. The number of rotatable bonds is 3. The van der Waals surface area contributed by atoms with E-state index in [0.29, 0.717) is 17.5 Å². The van der Waals surface area contributed by atoms with Crippen LogP contribution in [0.2, 0.25) is 0 Å². The Hall–Kier alpha value is -1.88. The van der Waals surface area contributed by atoms with Gasteiger partial charge in [0.15, 0.2) is 5.69 Å². The number of aromatic nitrogens is 2. The number of benzene rings is 1. The molecule has 2 bridgehead atoms. The van der Waals surface area contributed by atoms with E-state index in [1.165, 1.54) is 63.6 Å². The third kappa shape index (κ3) is 2.92. The molecule has 5 nitrogen and oxygen atoms in total. The average molecular weight is 352 g/mol. The maximum Gasteiger partial charge on any atom is 0.272 e. The van der Waals surface area contributed by atoms with E-state index in [1.54, 1.807) is 0 Å². The molecule has 1 aliphatic carbocycles. The SMILES string of the molecule is O=C(N[C@@H]1CN2CCC1CC2)c1n[nH]c2cc(C3CCCCC3)ccc12. The van der Waals surface area contributed by atoms with Crippen LogP contribution in [0.4, 0.5) is 0 Å². The van der Waals surface area contributed by atoms with Crippen molar-refractivity contribution in [1.29, 1.82) is 0 Å². The van der Waals surface area contributed by atoms with E-state index in [4.69, 9.17) is 0 Å². The van der Waals surface area contributed by atoms with E-state index in [0.717, 1.165) is 17.4 Å². The van der Waals surface area contributed by atoms with Crippen LogP contribution in [0.15, 0.2) is 18.2 Å². The average Bonchev–Trinajstić information content (AvgIpc) is 3.13. The molecule has 0 unspecified atom stereocenters. The summed E-state index contributed by atoms with van der Waals surface area (Å²) in [6, 6.07) is 6.79.